The van der Waals surface area contributed by atoms with Crippen LogP contribution in [-0.4, -0.2) is 30.9 Å². The second-order valence-corrected chi connectivity index (χ2v) is 8.55. The van der Waals surface area contributed by atoms with Crippen molar-refractivity contribution in [2.45, 2.75) is 5.16 Å². The second-order valence-electron chi connectivity index (χ2n) is 7.61. The van der Waals surface area contributed by atoms with E-state index in [1.807, 2.05) is 97.5 Å². The highest BCUT2D eigenvalue weighted by Crippen LogP contribution is 2.34. The third-order valence-electron chi connectivity index (χ3n) is 5.63. The van der Waals surface area contributed by atoms with Gasteiger partial charge >= 0.3 is 0 Å². The number of nitrogens with zero attached hydrogens (tertiary/aromatic N) is 4. The SMILES string of the molecule is Cn1c(SCC(=O)c2c(-c3ccccc3)n(C)c3ccccc23)nnc1-c1ccccc1. The van der Waals surface area contributed by atoms with Gasteiger partial charge in [-0.2, -0.15) is 0 Å². The fraction of sp³-hybridized carbons (Fsp3) is 0.115. The number of aryl methyl sites for hydroxylation is 1. The molecule has 0 fully saturated rings. The molecule has 0 atom stereocenters. The molecule has 158 valence electrons. The monoisotopic (exact) mass is 438 g/mol. The first-order chi connectivity index (χ1) is 15.6. The normalized spacial score (nSPS) is 11.2. The van der Waals surface area contributed by atoms with Gasteiger partial charge in [0.05, 0.1) is 17.0 Å². The minimum Gasteiger partial charge on any atom is -0.343 e. The molecule has 5 rings (SSSR count). The highest BCUT2D eigenvalue weighted by Gasteiger charge is 2.23. The zero-order valence-electron chi connectivity index (χ0n) is 17.9. The molecule has 0 unspecified atom stereocenters. The zero-order valence-corrected chi connectivity index (χ0v) is 18.7. The summed E-state index contributed by atoms with van der Waals surface area (Å²) in [7, 11) is 3.95. The number of thioether (sulfide) groups is 1. The van der Waals surface area contributed by atoms with Crippen LogP contribution in [0.5, 0.6) is 0 Å². The van der Waals surface area contributed by atoms with Crippen LogP contribution in [0.4, 0.5) is 0 Å². The minimum absolute atomic E-state index is 0.0786. The number of hydrogen-bond donors (Lipinski definition) is 0. The first-order valence-corrected chi connectivity index (χ1v) is 11.4. The Kier molecular flexibility index (Phi) is 5.37. The van der Waals surface area contributed by atoms with Crippen molar-refractivity contribution in [2.75, 3.05) is 5.75 Å². The molecule has 5 aromatic rings. The van der Waals surface area contributed by atoms with Crippen LogP contribution >= 0.6 is 11.8 Å². The van der Waals surface area contributed by atoms with E-state index < -0.39 is 0 Å². The van der Waals surface area contributed by atoms with Crippen molar-refractivity contribution in [3.8, 4) is 22.6 Å². The van der Waals surface area contributed by atoms with Gasteiger partial charge in [0.1, 0.15) is 0 Å². The van der Waals surface area contributed by atoms with Crippen LogP contribution < -0.4 is 0 Å². The van der Waals surface area contributed by atoms with E-state index in [-0.39, 0.29) is 11.5 Å². The van der Waals surface area contributed by atoms with Crippen LogP contribution in [-0.2, 0) is 14.1 Å². The summed E-state index contributed by atoms with van der Waals surface area (Å²) < 4.78 is 4.05. The van der Waals surface area contributed by atoms with Crippen LogP contribution in [0.1, 0.15) is 10.4 Å². The zero-order chi connectivity index (χ0) is 22.1. The van der Waals surface area contributed by atoms with E-state index in [0.717, 1.165) is 44.3 Å². The summed E-state index contributed by atoms with van der Waals surface area (Å²) in [5.74, 6) is 1.15. The maximum atomic E-state index is 13.5. The molecule has 0 saturated heterocycles. The maximum Gasteiger partial charge on any atom is 0.191 e. The molecule has 0 radical (unpaired) electrons. The number of hydrogen-bond acceptors (Lipinski definition) is 4. The van der Waals surface area contributed by atoms with E-state index in [4.69, 9.17) is 0 Å². The second kappa shape index (κ2) is 8.48. The van der Waals surface area contributed by atoms with Crippen LogP contribution in [0.15, 0.2) is 90.1 Å². The molecule has 2 aromatic heterocycles. The van der Waals surface area contributed by atoms with Crippen LogP contribution in [0.3, 0.4) is 0 Å². The van der Waals surface area contributed by atoms with Crippen molar-refractivity contribution >= 4 is 28.4 Å². The van der Waals surface area contributed by atoms with Gasteiger partial charge in [-0.3, -0.25) is 4.79 Å². The number of fused-ring (bicyclic) bond motifs is 1. The molecule has 0 spiro atoms. The molecule has 0 amide bonds. The topological polar surface area (TPSA) is 52.7 Å². The van der Waals surface area contributed by atoms with Crippen molar-refractivity contribution in [3.63, 3.8) is 0 Å². The van der Waals surface area contributed by atoms with E-state index in [2.05, 4.69) is 20.8 Å². The van der Waals surface area contributed by atoms with Crippen molar-refractivity contribution in [3.05, 3.63) is 90.5 Å². The Balaban J connectivity index is 1.48. The van der Waals surface area contributed by atoms with Gasteiger partial charge in [-0.15, -0.1) is 10.2 Å². The Labute approximate surface area is 190 Å². The Morgan fingerprint density at radius 2 is 1.41 bits per heavy atom. The number of aromatic nitrogens is 4. The number of para-hydroxylation sites is 1. The van der Waals surface area contributed by atoms with Gasteiger partial charge in [0.15, 0.2) is 16.8 Å². The molecule has 0 aliphatic heterocycles. The van der Waals surface area contributed by atoms with Gasteiger partial charge in [-0.1, -0.05) is 90.6 Å². The quantitative estimate of drug-likeness (QED) is 0.255. The average molecular weight is 439 g/mol. The standard InChI is InChI=1S/C26H22N4OS/c1-29-21-16-10-9-15-20(21)23(24(29)18-11-5-3-6-12-18)22(31)17-32-26-28-27-25(30(26)2)19-13-7-4-8-14-19/h3-16H,17H2,1-2H3. The minimum atomic E-state index is 0.0786. The lowest BCUT2D eigenvalue weighted by Gasteiger charge is -2.08. The van der Waals surface area contributed by atoms with Crippen molar-refractivity contribution < 1.29 is 4.79 Å². The molecule has 0 aliphatic rings. The van der Waals surface area contributed by atoms with E-state index in [9.17, 15) is 4.79 Å². The van der Waals surface area contributed by atoms with E-state index in [0.29, 0.717) is 0 Å². The average Bonchev–Trinajstić information content (AvgIpc) is 3.36. The van der Waals surface area contributed by atoms with Crippen LogP contribution in [0.2, 0.25) is 0 Å². The summed E-state index contributed by atoms with van der Waals surface area (Å²) in [6, 6.07) is 28.1. The molecular formula is C26H22N4OS. The fourth-order valence-electron chi connectivity index (χ4n) is 4.09. The summed E-state index contributed by atoms with van der Waals surface area (Å²) in [5, 5.41) is 10.4. The van der Waals surface area contributed by atoms with Gasteiger partial charge in [-0.25, -0.2) is 0 Å². The number of Topliss-reactive ketones (excluding diaryl/α,β-unsaturated/α-hetero) is 1. The van der Waals surface area contributed by atoms with Crippen molar-refractivity contribution in [1.82, 2.24) is 19.3 Å². The van der Waals surface area contributed by atoms with E-state index in [1.165, 1.54) is 11.8 Å². The largest absolute Gasteiger partial charge is 0.343 e. The van der Waals surface area contributed by atoms with Gasteiger partial charge in [0, 0.05) is 30.6 Å². The number of carbonyl (C=O) groups excluding carboxylic acids is 1. The molecule has 6 heteroatoms. The Bertz CT molecular complexity index is 1400. The van der Waals surface area contributed by atoms with Gasteiger partial charge in [0.2, 0.25) is 0 Å². The third kappa shape index (κ3) is 3.52. The van der Waals surface area contributed by atoms with Gasteiger partial charge in [0.25, 0.3) is 0 Å². The number of carbonyl (C=O) groups is 1. The summed E-state index contributed by atoms with van der Waals surface area (Å²) in [5.41, 5.74) is 4.78. The van der Waals surface area contributed by atoms with E-state index in [1.54, 1.807) is 0 Å². The predicted molar refractivity (Wildman–Crippen MR) is 130 cm³/mol. The first-order valence-electron chi connectivity index (χ1n) is 10.4. The van der Waals surface area contributed by atoms with Gasteiger partial charge < -0.3 is 9.13 Å². The Hall–Kier alpha value is -3.64. The Morgan fingerprint density at radius 3 is 2.12 bits per heavy atom. The number of rotatable bonds is 6. The predicted octanol–water partition coefficient (Wildman–Crippen LogP) is 5.62. The van der Waals surface area contributed by atoms with Crippen molar-refractivity contribution in [1.29, 1.82) is 0 Å². The summed E-state index contributed by atoms with van der Waals surface area (Å²) in [4.78, 5) is 13.5. The Morgan fingerprint density at radius 1 is 0.781 bits per heavy atom. The lowest BCUT2D eigenvalue weighted by Crippen LogP contribution is -2.06. The molecule has 0 saturated carbocycles. The third-order valence-corrected chi connectivity index (χ3v) is 6.65. The molecule has 0 N–H and O–H groups in total. The molecule has 2 heterocycles. The summed E-state index contributed by atoms with van der Waals surface area (Å²) in [6.07, 6.45) is 0. The molecule has 3 aromatic carbocycles. The van der Waals surface area contributed by atoms with Gasteiger partial charge in [-0.05, 0) is 11.6 Å². The summed E-state index contributed by atoms with van der Waals surface area (Å²) >= 11 is 1.42. The number of benzene rings is 3. The number of ketones is 1. The highest BCUT2D eigenvalue weighted by molar-refractivity contribution is 7.99. The van der Waals surface area contributed by atoms with E-state index >= 15 is 0 Å². The maximum absolute atomic E-state index is 13.5. The van der Waals surface area contributed by atoms with Crippen LogP contribution in [0.25, 0.3) is 33.5 Å². The van der Waals surface area contributed by atoms with Crippen molar-refractivity contribution in [2.24, 2.45) is 14.1 Å². The fourth-order valence-corrected chi connectivity index (χ4v) is 4.87. The molecule has 0 bridgehead atoms. The first kappa shape index (κ1) is 20.3. The molecule has 32 heavy (non-hydrogen) atoms. The lowest BCUT2D eigenvalue weighted by atomic mass is 10.0. The lowest BCUT2D eigenvalue weighted by molar-refractivity contribution is 0.102. The summed E-state index contributed by atoms with van der Waals surface area (Å²) in [6.45, 7) is 0. The smallest absolute Gasteiger partial charge is 0.191 e. The molecule has 0 aliphatic carbocycles. The highest BCUT2D eigenvalue weighted by atomic mass is 32.2. The molecule has 5 nitrogen and oxygen atoms in total. The molecular weight excluding hydrogens is 416 g/mol. The van der Waals surface area contributed by atoms with Crippen LogP contribution in [0, 0.1) is 0 Å².